The molecule has 2 rings (SSSR count). The number of halogens is 1. The molecule has 1 atom stereocenters. The van der Waals surface area contributed by atoms with Crippen molar-refractivity contribution in [2.45, 2.75) is 45.1 Å². The van der Waals surface area contributed by atoms with Gasteiger partial charge in [-0.25, -0.2) is 0 Å². The third kappa shape index (κ3) is 3.72. The third-order valence-corrected chi connectivity index (χ3v) is 3.92. The van der Waals surface area contributed by atoms with Crippen LogP contribution >= 0.6 is 11.6 Å². The zero-order valence-corrected chi connectivity index (χ0v) is 11.3. The second-order valence-electron chi connectivity index (χ2n) is 5.09. The molecule has 0 aliphatic heterocycles. The molecule has 0 amide bonds. The van der Waals surface area contributed by atoms with Gasteiger partial charge in [-0.05, 0) is 43.0 Å². The molecule has 1 nitrogen and oxygen atoms in total. The van der Waals surface area contributed by atoms with Crippen molar-refractivity contribution in [1.82, 2.24) is 5.32 Å². The Hall–Kier alpha value is -0.530. The van der Waals surface area contributed by atoms with Crippen LogP contribution in [-0.4, -0.2) is 6.54 Å². The highest BCUT2D eigenvalue weighted by Gasteiger charge is 2.22. The molecule has 0 radical (unpaired) electrons. The Bertz CT molecular complexity index is 347. The van der Waals surface area contributed by atoms with E-state index in [0.717, 1.165) is 17.5 Å². The van der Waals surface area contributed by atoms with Crippen molar-refractivity contribution in [2.24, 2.45) is 5.92 Å². The molecule has 1 saturated carbocycles. The van der Waals surface area contributed by atoms with Gasteiger partial charge in [0.1, 0.15) is 0 Å². The maximum Gasteiger partial charge on any atom is 0.0409 e. The SMILES string of the molecule is CCCNC(CC1CCC1)c1cccc(Cl)c1. The van der Waals surface area contributed by atoms with Crippen molar-refractivity contribution in [1.29, 1.82) is 0 Å². The first-order chi connectivity index (χ1) is 8.29. The van der Waals surface area contributed by atoms with Crippen LogP contribution < -0.4 is 5.32 Å². The highest BCUT2D eigenvalue weighted by Crippen LogP contribution is 2.35. The van der Waals surface area contributed by atoms with Gasteiger partial charge in [0, 0.05) is 11.1 Å². The molecule has 0 saturated heterocycles. The van der Waals surface area contributed by atoms with Crippen LogP contribution in [0.5, 0.6) is 0 Å². The first kappa shape index (κ1) is 12.9. The molecular weight excluding hydrogens is 230 g/mol. The lowest BCUT2D eigenvalue weighted by Crippen LogP contribution is -2.26. The van der Waals surface area contributed by atoms with E-state index in [0.29, 0.717) is 6.04 Å². The van der Waals surface area contributed by atoms with Crippen LogP contribution in [0.1, 0.15) is 50.6 Å². The smallest absolute Gasteiger partial charge is 0.0409 e. The minimum absolute atomic E-state index is 0.485. The largest absolute Gasteiger partial charge is 0.310 e. The average Bonchev–Trinajstić information content (AvgIpc) is 2.27. The summed E-state index contributed by atoms with van der Waals surface area (Å²) in [5.74, 6) is 0.920. The van der Waals surface area contributed by atoms with Crippen LogP contribution in [0.3, 0.4) is 0 Å². The monoisotopic (exact) mass is 251 g/mol. The fourth-order valence-corrected chi connectivity index (χ4v) is 2.64. The van der Waals surface area contributed by atoms with Crippen molar-refractivity contribution in [3.8, 4) is 0 Å². The maximum absolute atomic E-state index is 6.08. The number of rotatable bonds is 6. The predicted octanol–water partition coefficient (Wildman–Crippen LogP) is 4.57. The number of hydrogen-bond donors (Lipinski definition) is 1. The summed E-state index contributed by atoms with van der Waals surface area (Å²) in [7, 11) is 0. The summed E-state index contributed by atoms with van der Waals surface area (Å²) in [6.07, 6.45) is 6.68. The van der Waals surface area contributed by atoms with Gasteiger partial charge in [0.15, 0.2) is 0 Å². The topological polar surface area (TPSA) is 12.0 Å². The lowest BCUT2D eigenvalue weighted by molar-refractivity contribution is 0.261. The van der Waals surface area contributed by atoms with E-state index >= 15 is 0 Å². The summed E-state index contributed by atoms with van der Waals surface area (Å²) >= 11 is 6.08. The van der Waals surface area contributed by atoms with E-state index in [1.807, 2.05) is 6.07 Å². The molecule has 1 fully saturated rings. The molecule has 0 bridgehead atoms. The van der Waals surface area contributed by atoms with Gasteiger partial charge >= 0.3 is 0 Å². The lowest BCUT2D eigenvalue weighted by Gasteiger charge is -2.30. The summed E-state index contributed by atoms with van der Waals surface area (Å²) < 4.78 is 0. The summed E-state index contributed by atoms with van der Waals surface area (Å²) in [5.41, 5.74) is 1.35. The van der Waals surface area contributed by atoms with E-state index < -0.39 is 0 Å². The van der Waals surface area contributed by atoms with E-state index in [1.54, 1.807) is 0 Å². The molecule has 0 aromatic heterocycles. The number of benzene rings is 1. The number of nitrogens with one attached hydrogen (secondary N) is 1. The van der Waals surface area contributed by atoms with E-state index in [2.05, 4.69) is 30.4 Å². The quantitative estimate of drug-likeness (QED) is 0.781. The normalized spacial score (nSPS) is 17.8. The Morgan fingerprint density at radius 1 is 1.41 bits per heavy atom. The van der Waals surface area contributed by atoms with E-state index in [4.69, 9.17) is 11.6 Å². The van der Waals surface area contributed by atoms with E-state index in [9.17, 15) is 0 Å². The van der Waals surface area contributed by atoms with Crippen molar-refractivity contribution in [2.75, 3.05) is 6.54 Å². The second kappa shape index (κ2) is 6.42. The number of hydrogen-bond acceptors (Lipinski definition) is 1. The van der Waals surface area contributed by atoms with Gasteiger partial charge < -0.3 is 5.32 Å². The fourth-order valence-electron chi connectivity index (χ4n) is 2.44. The second-order valence-corrected chi connectivity index (χ2v) is 5.53. The van der Waals surface area contributed by atoms with Crippen LogP contribution in [0.2, 0.25) is 5.02 Å². The molecule has 1 aliphatic carbocycles. The standard InChI is InChI=1S/C15H22ClN/c1-2-9-17-15(10-12-5-3-6-12)13-7-4-8-14(16)11-13/h4,7-8,11-12,15,17H,2-3,5-6,9-10H2,1H3. The summed E-state index contributed by atoms with van der Waals surface area (Å²) in [4.78, 5) is 0. The summed E-state index contributed by atoms with van der Waals surface area (Å²) in [6.45, 7) is 3.30. The van der Waals surface area contributed by atoms with Crippen LogP contribution in [0.15, 0.2) is 24.3 Å². The highest BCUT2D eigenvalue weighted by atomic mass is 35.5. The predicted molar refractivity (Wildman–Crippen MR) is 74.4 cm³/mol. The van der Waals surface area contributed by atoms with Crippen molar-refractivity contribution >= 4 is 11.6 Å². The molecule has 2 heteroatoms. The Morgan fingerprint density at radius 2 is 2.24 bits per heavy atom. The molecule has 0 heterocycles. The van der Waals surface area contributed by atoms with Gasteiger partial charge in [0.05, 0.1) is 0 Å². The fraction of sp³-hybridized carbons (Fsp3) is 0.600. The third-order valence-electron chi connectivity index (χ3n) is 3.69. The maximum atomic E-state index is 6.08. The zero-order valence-electron chi connectivity index (χ0n) is 10.6. The van der Waals surface area contributed by atoms with Gasteiger partial charge in [-0.1, -0.05) is 49.9 Å². The van der Waals surface area contributed by atoms with Gasteiger partial charge in [-0.2, -0.15) is 0 Å². The zero-order chi connectivity index (χ0) is 12.1. The molecule has 0 spiro atoms. The first-order valence-corrected chi connectivity index (χ1v) is 7.16. The van der Waals surface area contributed by atoms with Crippen LogP contribution in [0.4, 0.5) is 0 Å². The molecule has 1 aromatic rings. The molecule has 1 N–H and O–H groups in total. The molecule has 1 aromatic carbocycles. The van der Waals surface area contributed by atoms with Crippen molar-refractivity contribution < 1.29 is 0 Å². The van der Waals surface area contributed by atoms with Crippen molar-refractivity contribution in [3.05, 3.63) is 34.9 Å². The van der Waals surface area contributed by atoms with Crippen LogP contribution in [0.25, 0.3) is 0 Å². The summed E-state index contributed by atoms with van der Waals surface area (Å²) in [5, 5.41) is 4.50. The highest BCUT2D eigenvalue weighted by molar-refractivity contribution is 6.30. The Balaban J connectivity index is 2.02. The van der Waals surface area contributed by atoms with E-state index in [-0.39, 0.29) is 0 Å². The molecule has 1 aliphatic rings. The Kier molecular flexibility index (Phi) is 4.87. The lowest BCUT2D eigenvalue weighted by atomic mass is 9.79. The molecular formula is C15H22ClN. The van der Waals surface area contributed by atoms with Gasteiger partial charge in [-0.15, -0.1) is 0 Å². The Morgan fingerprint density at radius 3 is 2.82 bits per heavy atom. The molecule has 94 valence electrons. The van der Waals surface area contributed by atoms with Gasteiger partial charge in [-0.3, -0.25) is 0 Å². The van der Waals surface area contributed by atoms with E-state index in [1.165, 1.54) is 37.7 Å². The average molecular weight is 252 g/mol. The minimum atomic E-state index is 0.485. The van der Waals surface area contributed by atoms with Crippen molar-refractivity contribution in [3.63, 3.8) is 0 Å². The van der Waals surface area contributed by atoms with Gasteiger partial charge in [0.25, 0.3) is 0 Å². The minimum Gasteiger partial charge on any atom is -0.310 e. The molecule has 17 heavy (non-hydrogen) atoms. The van der Waals surface area contributed by atoms with Crippen LogP contribution in [-0.2, 0) is 0 Å². The van der Waals surface area contributed by atoms with Gasteiger partial charge in [0.2, 0.25) is 0 Å². The summed E-state index contributed by atoms with van der Waals surface area (Å²) in [6, 6.07) is 8.79. The first-order valence-electron chi connectivity index (χ1n) is 6.78. The Labute approximate surface area is 110 Å². The molecule has 1 unspecified atom stereocenters. The van der Waals surface area contributed by atoms with Crippen LogP contribution in [0, 0.1) is 5.92 Å².